The molecule has 0 aliphatic carbocycles. The molecule has 0 fully saturated rings. The number of fused-ring (bicyclic) bond motifs is 3. The molecule has 3 aromatic carbocycles. The van der Waals surface area contributed by atoms with Crippen LogP contribution >= 0.6 is 0 Å². The molecule has 0 atom stereocenters. The van der Waals surface area contributed by atoms with Crippen molar-refractivity contribution in [3.05, 3.63) is 89.9 Å². The molecule has 22 nitrogen and oxygen atoms in total. The third-order valence-corrected chi connectivity index (χ3v) is 11.8. The summed E-state index contributed by atoms with van der Waals surface area (Å²) < 4.78 is 108. The van der Waals surface area contributed by atoms with Gasteiger partial charge in [-0.25, -0.2) is 25.3 Å². The molecule has 0 unspecified atom stereocenters. The Morgan fingerprint density at radius 1 is 0.500 bits per heavy atom. The van der Waals surface area contributed by atoms with Gasteiger partial charge in [0.1, 0.15) is 46.9 Å². The van der Waals surface area contributed by atoms with E-state index in [1.807, 2.05) is 0 Å². The Bertz CT molecular complexity index is 2800. The quantitative estimate of drug-likeness (QED) is 0.0411. The molecule has 3 amide bonds. The molecule has 0 bridgehead atoms. The van der Waals surface area contributed by atoms with E-state index >= 15 is 0 Å². The van der Waals surface area contributed by atoms with Crippen molar-refractivity contribution in [3.8, 4) is 17.2 Å². The van der Waals surface area contributed by atoms with E-state index in [0.717, 1.165) is 0 Å². The molecule has 28 heteroatoms. The maximum Gasteiger partial charge on any atom is 1.00 e. The van der Waals surface area contributed by atoms with Crippen molar-refractivity contribution in [1.29, 1.82) is 0 Å². The van der Waals surface area contributed by atoms with Gasteiger partial charge in [0.2, 0.25) is 0 Å². The molecule has 6 aromatic rings. The van der Waals surface area contributed by atoms with Gasteiger partial charge in [-0.1, -0.05) is 0 Å². The maximum atomic E-state index is 13.2. The normalized spacial score (nSPS) is 11.6. The number of aromatic nitrogens is 3. The average molecular weight is 966 g/mol. The Morgan fingerprint density at radius 3 is 0.984 bits per heavy atom. The van der Waals surface area contributed by atoms with Gasteiger partial charge in [-0.15, -0.1) is 0 Å². The maximum absolute atomic E-state index is 13.2. The fraction of sp³-hybridized carbons (Fsp3) is 0.167. The molecule has 0 saturated carbocycles. The van der Waals surface area contributed by atoms with E-state index in [0.29, 0.717) is 18.2 Å². The van der Waals surface area contributed by atoms with Gasteiger partial charge in [0.05, 0.1) is 31.4 Å². The molecule has 0 saturated heterocycles. The standard InChI is InChI=1S/C36H33N7O15S3.3Na/c44-31-22(16-25(59(50,51)52)19-4-1-7-37-28(19)31)34(47)40-10-13-43(14-11-41-35(48)23-17-26(60(53,54)55)20-5-2-8-38-29(20)32(23)45)15-12-42-36(49)24-18-27(61(56,57)58)21-6-3-9-39-30(21)33(24)46;;;/h1-9,16-18,44-46H,10-15H2,(H,40,47)(H,41,48)(H,42,49)(H,50,51,52)(H,53,54,55)(H,56,57,58);;;/q;3*+1/p-3. The number of nitrogens with one attached hydrogen (secondary N) is 3. The van der Waals surface area contributed by atoms with Crippen molar-refractivity contribution in [2.75, 3.05) is 39.3 Å². The summed E-state index contributed by atoms with van der Waals surface area (Å²) in [6.45, 7) is -1.10. The van der Waals surface area contributed by atoms with Crippen LogP contribution in [-0.4, -0.2) is 131 Å². The summed E-state index contributed by atoms with van der Waals surface area (Å²) in [5.41, 5.74) is -2.79. The minimum absolute atomic E-state index is 0. The number of rotatable bonds is 15. The van der Waals surface area contributed by atoms with Gasteiger partial charge in [-0.05, 0) is 54.6 Å². The van der Waals surface area contributed by atoms with Crippen LogP contribution in [0.3, 0.4) is 0 Å². The van der Waals surface area contributed by atoms with E-state index in [-0.39, 0.29) is 161 Å². The van der Waals surface area contributed by atoms with E-state index < -0.39 is 96.7 Å². The number of pyridine rings is 3. The summed E-state index contributed by atoms with van der Waals surface area (Å²) in [5.74, 6) is -5.23. The first-order valence-corrected chi connectivity index (χ1v) is 21.7. The van der Waals surface area contributed by atoms with Crippen molar-refractivity contribution in [2.24, 2.45) is 0 Å². The number of benzene rings is 3. The fourth-order valence-corrected chi connectivity index (χ4v) is 8.43. The topological polar surface area (TPSA) is 362 Å². The van der Waals surface area contributed by atoms with Crippen LogP contribution in [0.25, 0.3) is 32.7 Å². The number of hydrogen-bond donors (Lipinski definition) is 6. The Balaban J connectivity index is 0.00000363. The summed E-state index contributed by atoms with van der Waals surface area (Å²) in [6, 6.07) is 9.71. The molecule has 320 valence electrons. The molecule has 3 aromatic heterocycles. The van der Waals surface area contributed by atoms with Crippen molar-refractivity contribution in [3.63, 3.8) is 0 Å². The first-order chi connectivity index (χ1) is 28.7. The van der Waals surface area contributed by atoms with E-state index in [1.165, 1.54) is 59.9 Å². The summed E-state index contributed by atoms with van der Waals surface area (Å²) in [7, 11) is -15.4. The second kappa shape index (κ2) is 22.3. The molecule has 64 heavy (non-hydrogen) atoms. The van der Waals surface area contributed by atoms with Crippen LogP contribution < -0.4 is 105 Å². The minimum Gasteiger partial charge on any atom is -0.744 e. The van der Waals surface area contributed by atoms with Crippen LogP contribution in [0, 0.1) is 0 Å². The third kappa shape index (κ3) is 12.2. The minimum atomic E-state index is -5.15. The van der Waals surface area contributed by atoms with E-state index in [2.05, 4.69) is 30.9 Å². The Labute approximate surface area is 430 Å². The summed E-state index contributed by atoms with van der Waals surface area (Å²) >= 11 is 0. The van der Waals surface area contributed by atoms with Gasteiger partial charge >= 0.3 is 88.7 Å². The Morgan fingerprint density at radius 2 is 0.750 bits per heavy atom. The average Bonchev–Trinajstić information content (AvgIpc) is 3.19. The van der Waals surface area contributed by atoms with Crippen LogP contribution in [0.15, 0.2) is 87.9 Å². The summed E-state index contributed by atoms with van der Waals surface area (Å²) in [5, 5.41) is 39.0. The van der Waals surface area contributed by atoms with Crippen molar-refractivity contribution < 1.29 is 157 Å². The van der Waals surface area contributed by atoms with Gasteiger partial charge in [0.15, 0.2) is 17.2 Å². The second-order valence-corrected chi connectivity index (χ2v) is 17.0. The monoisotopic (exact) mass is 965 g/mol. The first-order valence-electron chi connectivity index (χ1n) is 17.4. The largest absolute Gasteiger partial charge is 1.00 e. The zero-order valence-corrected chi connectivity index (χ0v) is 42.4. The van der Waals surface area contributed by atoms with Gasteiger partial charge in [0, 0.05) is 74.0 Å². The molecule has 0 aliphatic heterocycles. The number of carbonyl (C=O) groups is 3. The summed E-state index contributed by atoms with van der Waals surface area (Å²) in [4.78, 5) is 50.4. The zero-order chi connectivity index (χ0) is 44.4. The number of carbonyl (C=O) groups excluding carboxylic acids is 3. The molecular weight excluding hydrogens is 936 g/mol. The van der Waals surface area contributed by atoms with Crippen LogP contribution in [0.2, 0.25) is 0 Å². The van der Waals surface area contributed by atoms with E-state index in [1.54, 1.807) is 0 Å². The molecule has 0 aliphatic rings. The van der Waals surface area contributed by atoms with Gasteiger partial charge < -0.3 is 44.9 Å². The third-order valence-electron chi connectivity index (χ3n) is 9.17. The number of phenols is 3. The van der Waals surface area contributed by atoms with Crippen LogP contribution in [-0.2, 0) is 30.4 Å². The fourth-order valence-electron chi connectivity index (χ4n) is 6.34. The molecular formula is C36H30N7Na3O15S3. The van der Waals surface area contributed by atoms with E-state index in [4.69, 9.17) is 0 Å². The van der Waals surface area contributed by atoms with Crippen LogP contribution in [0.4, 0.5) is 0 Å². The Kier molecular flexibility index (Phi) is 19.0. The molecule has 0 radical (unpaired) electrons. The number of hydrogen-bond acceptors (Lipinski definition) is 19. The number of amides is 3. The van der Waals surface area contributed by atoms with Crippen LogP contribution in [0.1, 0.15) is 31.1 Å². The molecule has 6 N–H and O–H groups in total. The van der Waals surface area contributed by atoms with Gasteiger partial charge in [-0.2, -0.15) is 0 Å². The van der Waals surface area contributed by atoms with Crippen molar-refractivity contribution >= 4 is 80.8 Å². The predicted octanol–water partition coefficient (Wildman–Crippen LogP) is -8.94. The van der Waals surface area contributed by atoms with Crippen molar-refractivity contribution in [2.45, 2.75) is 14.7 Å². The zero-order valence-electron chi connectivity index (χ0n) is 33.9. The molecule has 6 rings (SSSR count). The van der Waals surface area contributed by atoms with Gasteiger partial charge in [-0.3, -0.25) is 34.2 Å². The molecule has 0 spiro atoms. The number of phenolic OH excluding ortho intramolecular Hbond substituents is 3. The van der Waals surface area contributed by atoms with Crippen LogP contribution in [0.5, 0.6) is 17.2 Å². The number of aromatic hydroxyl groups is 3. The SMILES string of the molecule is O=C(NCCN(CCNC(=O)c1cc(S(=O)(=O)[O-])c2cccnc2c1O)CCNC(=O)c1cc(S(=O)(=O)[O-])c2cccnc2c1O)c1cc(S(=O)(=O)[O-])c2cccnc2c1O.[Na+].[Na+].[Na+]. The first kappa shape index (κ1) is 54.7. The van der Waals surface area contributed by atoms with Crippen molar-refractivity contribution in [1.82, 2.24) is 35.8 Å². The molecule has 3 heterocycles. The van der Waals surface area contributed by atoms with Gasteiger partial charge in [0.25, 0.3) is 17.7 Å². The predicted molar refractivity (Wildman–Crippen MR) is 208 cm³/mol. The Hall–Kier alpha value is -3.61. The number of nitrogens with zero attached hydrogens (tertiary/aromatic N) is 4. The second-order valence-electron chi connectivity index (χ2n) is 13.0. The summed E-state index contributed by atoms with van der Waals surface area (Å²) in [6.07, 6.45) is 3.60. The van der Waals surface area contributed by atoms with E-state index in [9.17, 15) is 68.6 Å². The smallest absolute Gasteiger partial charge is 0.744 e.